The first-order valence-electron chi connectivity index (χ1n) is 6.64. The van der Waals surface area contributed by atoms with Crippen LogP contribution in [0.4, 0.5) is 4.79 Å². The van der Waals surface area contributed by atoms with Gasteiger partial charge in [-0.1, -0.05) is 0 Å². The molecule has 0 unspecified atom stereocenters. The molecule has 0 atom stereocenters. The zero-order valence-corrected chi connectivity index (χ0v) is 10.9. The van der Waals surface area contributed by atoms with Crippen molar-refractivity contribution in [1.29, 1.82) is 0 Å². The number of urea groups is 1. The van der Waals surface area contributed by atoms with Gasteiger partial charge in [0, 0.05) is 39.1 Å². The maximum atomic E-state index is 11.8. The van der Waals surface area contributed by atoms with Crippen molar-refractivity contribution in [1.82, 2.24) is 10.2 Å². The minimum Gasteiger partial charge on any atom is -0.380 e. The van der Waals surface area contributed by atoms with Crippen molar-refractivity contribution in [3.05, 3.63) is 0 Å². The van der Waals surface area contributed by atoms with Gasteiger partial charge in [0.05, 0.1) is 19.8 Å². The number of ether oxygens (including phenoxy) is 3. The highest BCUT2D eigenvalue weighted by Crippen LogP contribution is 2.31. The lowest BCUT2D eigenvalue weighted by Crippen LogP contribution is -2.50. The van der Waals surface area contributed by atoms with E-state index in [-0.39, 0.29) is 6.03 Å². The molecule has 104 valence electrons. The van der Waals surface area contributed by atoms with E-state index in [1.165, 1.54) is 0 Å². The Kier molecular flexibility index (Phi) is 4.79. The van der Waals surface area contributed by atoms with Crippen LogP contribution in [-0.2, 0) is 14.2 Å². The molecule has 2 amide bonds. The van der Waals surface area contributed by atoms with Gasteiger partial charge in [0.1, 0.15) is 0 Å². The highest BCUT2D eigenvalue weighted by molar-refractivity contribution is 5.74. The molecular weight excluding hydrogens is 236 g/mol. The van der Waals surface area contributed by atoms with Crippen molar-refractivity contribution in [2.75, 3.05) is 46.1 Å². The SMILES string of the molecule is CCOCCNC(=O)N1CCC2(CC1)OCCO2. The molecule has 2 aliphatic rings. The van der Waals surface area contributed by atoms with Crippen LogP contribution in [0.5, 0.6) is 0 Å². The first-order valence-corrected chi connectivity index (χ1v) is 6.64. The summed E-state index contributed by atoms with van der Waals surface area (Å²) in [6.07, 6.45) is 1.51. The molecule has 2 saturated heterocycles. The van der Waals surface area contributed by atoms with E-state index < -0.39 is 5.79 Å². The van der Waals surface area contributed by atoms with Crippen molar-refractivity contribution in [3.63, 3.8) is 0 Å². The van der Waals surface area contributed by atoms with Gasteiger partial charge in [0.25, 0.3) is 0 Å². The summed E-state index contributed by atoms with van der Waals surface area (Å²) in [6, 6.07) is -0.0254. The molecule has 0 aromatic heterocycles. The number of likely N-dealkylation sites (tertiary alicyclic amines) is 1. The van der Waals surface area contributed by atoms with E-state index in [2.05, 4.69) is 5.32 Å². The topological polar surface area (TPSA) is 60.0 Å². The molecule has 0 aromatic carbocycles. The van der Waals surface area contributed by atoms with Crippen molar-refractivity contribution >= 4 is 6.03 Å². The Balaban J connectivity index is 1.67. The maximum absolute atomic E-state index is 11.8. The standard InChI is InChI=1S/C12H22N2O4/c1-2-16-8-5-13-11(15)14-6-3-12(4-7-14)17-9-10-18-12/h2-10H2,1H3,(H,13,15). The monoisotopic (exact) mass is 258 g/mol. The molecule has 0 aromatic rings. The minimum absolute atomic E-state index is 0.0254. The molecule has 2 rings (SSSR count). The summed E-state index contributed by atoms with van der Waals surface area (Å²) in [5.74, 6) is -0.415. The van der Waals surface area contributed by atoms with Crippen molar-refractivity contribution < 1.29 is 19.0 Å². The van der Waals surface area contributed by atoms with Gasteiger partial charge in [-0.15, -0.1) is 0 Å². The zero-order chi connectivity index (χ0) is 12.8. The van der Waals surface area contributed by atoms with Gasteiger partial charge < -0.3 is 24.4 Å². The Morgan fingerprint density at radius 1 is 1.33 bits per heavy atom. The fourth-order valence-corrected chi connectivity index (χ4v) is 2.32. The summed E-state index contributed by atoms with van der Waals surface area (Å²) in [7, 11) is 0. The fraction of sp³-hybridized carbons (Fsp3) is 0.917. The Labute approximate surface area is 108 Å². The second-order valence-corrected chi connectivity index (χ2v) is 4.52. The number of hydrogen-bond donors (Lipinski definition) is 1. The van der Waals surface area contributed by atoms with Crippen LogP contribution in [0.2, 0.25) is 0 Å². The van der Waals surface area contributed by atoms with Crippen LogP contribution in [0, 0.1) is 0 Å². The summed E-state index contributed by atoms with van der Waals surface area (Å²) in [6.45, 7) is 6.43. The number of carbonyl (C=O) groups excluding carboxylic acids is 1. The molecule has 1 N–H and O–H groups in total. The summed E-state index contributed by atoms with van der Waals surface area (Å²) < 4.78 is 16.4. The van der Waals surface area contributed by atoms with Crippen LogP contribution in [0.3, 0.4) is 0 Å². The minimum atomic E-state index is -0.415. The van der Waals surface area contributed by atoms with Gasteiger partial charge in [-0.3, -0.25) is 0 Å². The summed E-state index contributed by atoms with van der Waals surface area (Å²) in [5, 5.41) is 2.85. The smallest absolute Gasteiger partial charge is 0.317 e. The molecular formula is C12H22N2O4. The molecule has 18 heavy (non-hydrogen) atoms. The van der Waals surface area contributed by atoms with E-state index in [0.29, 0.717) is 46.1 Å². The van der Waals surface area contributed by atoms with E-state index in [9.17, 15) is 4.79 Å². The first kappa shape index (κ1) is 13.6. The average molecular weight is 258 g/mol. The van der Waals surface area contributed by atoms with E-state index in [4.69, 9.17) is 14.2 Å². The summed E-state index contributed by atoms with van der Waals surface area (Å²) in [4.78, 5) is 13.6. The third-order valence-corrected chi connectivity index (χ3v) is 3.35. The molecule has 2 fully saturated rings. The van der Waals surface area contributed by atoms with E-state index in [1.54, 1.807) is 0 Å². The van der Waals surface area contributed by atoms with Gasteiger partial charge in [-0.25, -0.2) is 4.79 Å². The van der Waals surface area contributed by atoms with Crippen LogP contribution in [0.25, 0.3) is 0 Å². The number of amides is 2. The molecule has 0 bridgehead atoms. The van der Waals surface area contributed by atoms with E-state index in [0.717, 1.165) is 12.8 Å². The lowest BCUT2D eigenvalue weighted by molar-refractivity contribution is -0.181. The highest BCUT2D eigenvalue weighted by atomic mass is 16.7. The largest absolute Gasteiger partial charge is 0.380 e. The van der Waals surface area contributed by atoms with Crippen LogP contribution >= 0.6 is 0 Å². The number of nitrogens with one attached hydrogen (secondary N) is 1. The molecule has 6 heteroatoms. The van der Waals surface area contributed by atoms with Crippen LogP contribution in [-0.4, -0.2) is 62.8 Å². The van der Waals surface area contributed by atoms with Crippen molar-refractivity contribution in [2.45, 2.75) is 25.6 Å². The van der Waals surface area contributed by atoms with E-state index >= 15 is 0 Å². The second-order valence-electron chi connectivity index (χ2n) is 4.52. The first-order chi connectivity index (χ1) is 8.76. The number of rotatable bonds is 4. The quantitative estimate of drug-likeness (QED) is 0.749. The Hall–Kier alpha value is -0.850. The lowest BCUT2D eigenvalue weighted by atomic mass is 10.0. The van der Waals surface area contributed by atoms with Gasteiger partial charge in [-0.05, 0) is 6.92 Å². The molecule has 2 aliphatic heterocycles. The molecule has 6 nitrogen and oxygen atoms in total. The predicted molar refractivity (Wildman–Crippen MR) is 65.3 cm³/mol. The van der Waals surface area contributed by atoms with Gasteiger partial charge in [0.15, 0.2) is 5.79 Å². The zero-order valence-electron chi connectivity index (χ0n) is 10.9. The predicted octanol–water partition coefficient (Wildman–Crippen LogP) is 0.571. The van der Waals surface area contributed by atoms with Crippen molar-refractivity contribution in [3.8, 4) is 0 Å². The van der Waals surface area contributed by atoms with Crippen molar-refractivity contribution in [2.24, 2.45) is 0 Å². The van der Waals surface area contributed by atoms with Crippen LogP contribution < -0.4 is 5.32 Å². The normalized spacial score (nSPS) is 22.4. The third-order valence-electron chi connectivity index (χ3n) is 3.35. The molecule has 2 heterocycles. The van der Waals surface area contributed by atoms with Gasteiger partial charge in [0.2, 0.25) is 0 Å². The van der Waals surface area contributed by atoms with Gasteiger partial charge >= 0.3 is 6.03 Å². The van der Waals surface area contributed by atoms with Gasteiger partial charge in [-0.2, -0.15) is 0 Å². The average Bonchev–Trinajstić information content (AvgIpc) is 2.84. The maximum Gasteiger partial charge on any atom is 0.317 e. The summed E-state index contributed by atoms with van der Waals surface area (Å²) >= 11 is 0. The lowest BCUT2D eigenvalue weighted by Gasteiger charge is -2.37. The number of nitrogens with zero attached hydrogens (tertiary/aromatic N) is 1. The highest BCUT2D eigenvalue weighted by Gasteiger charge is 2.40. The third kappa shape index (κ3) is 3.34. The fourth-order valence-electron chi connectivity index (χ4n) is 2.32. The molecule has 1 spiro atoms. The second kappa shape index (κ2) is 6.36. The number of hydrogen-bond acceptors (Lipinski definition) is 4. The molecule has 0 saturated carbocycles. The Morgan fingerprint density at radius 3 is 2.61 bits per heavy atom. The van der Waals surface area contributed by atoms with E-state index in [1.807, 2.05) is 11.8 Å². The molecule has 0 radical (unpaired) electrons. The van der Waals surface area contributed by atoms with Crippen LogP contribution in [0.1, 0.15) is 19.8 Å². The number of carbonyl (C=O) groups is 1. The summed E-state index contributed by atoms with van der Waals surface area (Å²) in [5.41, 5.74) is 0. The Morgan fingerprint density at radius 2 is 2.00 bits per heavy atom. The molecule has 0 aliphatic carbocycles. The van der Waals surface area contributed by atoms with Crippen LogP contribution in [0.15, 0.2) is 0 Å². The number of piperidine rings is 1. The Bertz CT molecular complexity index is 269.